The Bertz CT molecular complexity index is 379. The summed E-state index contributed by atoms with van der Waals surface area (Å²) < 4.78 is 0. The third kappa shape index (κ3) is 18.1. The molecule has 0 saturated carbocycles. The van der Waals surface area contributed by atoms with Crippen LogP contribution < -0.4 is 5.32 Å². The van der Waals surface area contributed by atoms with E-state index in [-0.39, 0.29) is 12.3 Å². The molecule has 0 unspecified atom stereocenters. The van der Waals surface area contributed by atoms with Gasteiger partial charge < -0.3 is 15.5 Å². The lowest BCUT2D eigenvalue weighted by Gasteiger charge is -2.03. The molecule has 3 N–H and O–H groups in total. The van der Waals surface area contributed by atoms with Gasteiger partial charge in [-0.2, -0.15) is 0 Å². The molecule has 0 radical (unpaired) electrons. The van der Waals surface area contributed by atoms with E-state index < -0.39 is 11.9 Å². The van der Waals surface area contributed by atoms with Crippen molar-refractivity contribution in [2.24, 2.45) is 0 Å². The summed E-state index contributed by atoms with van der Waals surface area (Å²) in [7, 11) is 0. The Balaban J connectivity index is 3.20. The Morgan fingerprint density at radius 3 is 1.65 bits per heavy atom. The molecule has 0 aliphatic carbocycles. The van der Waals surface area contributed by atoms with Crippen LogP contribution in [0.4, 0.5) is 0 Å². The number of carboxylic acids is 2. The maximum absolute atomic E-state index is 11.2. The molecule has 0 fully saturated rings. The molecule has 0 aliphatic heterocycles. The van der Waals surface area contributed by atoms with E-state index in [0.717, 1.165) is 50.7 Å². The van der Waals surface area contributed by atoms with E-state index in [0.29, 0.717) is 6.54 Å². The highest BCUT2D eigenvalue weighted by atomic mass is 16.4. The Kier molecular flexibility index (Phi) is 13.8. The van der Waals surface area contributed by atoms with Crippen LogP contribution in [0.3, 0.4) is 0 Å². The van der Waals surface area contributed by atoms with E-state index >= 15 is 0 Å². The first-order chi connectivity index (χ1) is 11.0. The van der Waals surface area contributed by atoms with Crippen LogP contribution in [0.1, 0.15) is 70.6 Å². The molecule has 23 heavy (non-hydrogen) atoms. The van der Waals surface area contributed by atoms with E-state index in [1.807, 2.05) is 0 Å². The predicted molar refractivity (Wildman–Crippen MR) is 88.2 cm³/mol. The van der Waals surface area contributed by atoms with Crippen LogP contribution in [0.25, 0.3) is 0 Å². The van der Waals surface area contributed by atoms with Crippen molar-refractivity contribution in [1.29, 1.82) is 0 Å². The number of hydrogen-bond acceptors (Lipinski definition) is 3. The summed E-state index contributed by atoms with van der Waals surface area (Å²) in [4.78, 5) is 31.7. The van der Waals surface area contributed by atoms with Gasteiger partial charge in [-0.25, -0.2) is 4.79 Å². The average Bonchev–Trinajstić information content (AvgIpc) is 2.49. The van der Waals surface area contributed by atoms with Crippen LogP contribution in [-0.2, 0) is 14.4 Å². The topological polar surface area (TPSA) is 104 Å². The molecule has 0 atom stereocenters. The molecule has 6 heteroatoms. The molecule has 0 aromatic rings. The van der Waals surface area contributed by atoms with Crippen molar-refractivity contribution in [3.8, 4) is 0 Å². The van der Waals surface area contributed by atoms with Crippen molar-refractivity contribution in [2.45, 2.75) is 70.6 Å². The minimum atomic E-state index is -1.12. The zero-order valence-corrected chi connectivity index (χ0v) is 13.8. The minimum Gasteiger partial charge on any atom is -0.481 e. The largest absolute Gasteiger partial charge is 0.481 e. The van der Waals surface area contributed by atoms with Gasteiger partial charge in [0.1, 0.15) is 0 Å². The standard InChI is InChI=1S/C17H29NO5/c19-15(12-13-17(22)23)18-14-10-8-6-4-2-1-3-5-7-9-11-16(20)21/h12-13H,1-11,14H2,(H,18,19)(H,20,21)(H,22,23). The van der Waals surface area contributed by atoms with E-state index in [4.69, 9.17) is 10.2 Å². The zero-order chi connectivity index (χ0) is 17.3. The maximum atomic E-state index is 11.2. The van der Waals surface area contributed by atoms with Gasteiger partial charge in [-0.1, -0.05) is 51.4 Å². The van der Waals surface area contributed by atoms with Gasteiger partial charge >= 0.3 is 11.9 Å². The molecule has 0 aromatic heterocycles. The molecular formula is C17H29NO5. The highest BCUT2D eigenvalue weighted by Gasteiger charge is 1.98. The second-order valence-corrected chi connectivity index (χ2v) is 5.64. The van der Waals surface area contributed by atoms with E-state index in [1.165, 1.54) is 25.7 Å². The van der Waals surface area contributed by atoms with Gasteiger partial charge in [0.05, 0.1) is 0 Å². The van der Waals surface area contributed by atoms with Crippen LogP contribution in [0.15, 0.2) is 12.2 Å². The summed E-state index contributed by atoms with van der Waals surface area (Å²) in [5.74, 6) is -2.20. The molecule has 0 rings (SSSR count). The van der Waals surface area contributed by atoms with Gasteiger partial charge in [0.15, 0.2) is 0 Å². The SMILES string of the molecule is O=C(O)C=CC(=O)NCCCCCCCCCCCCC(=O)O. The number of unbranched alkanes of at least 4 members (excludes halogenated alkanes) is 9. The molecule has 0 aromatic carbocycles. The number of carboxylic acid groups (broad SMARTS) is 2. The van der Waals surface area contributed by atoms with Crippen LogP contribution in [0.5, 0.6) is 0 Å². The smallest absolute Gasteiger partial charge is 0.328 e. The monoisotopic (exact) mass is 327 g/mol. The molecule has 0 bridgehead atoms. The van der Waals surface area contributed by atoms with Crippen LogP contribution in [-0.4, -0.2) is 34.6 Å². The molecule has 1 amide bonds. The fraction of sp³-hybridized carbons (Fsp3) is 0.706. The van der Waals surface area contributed by atoms with Crippen LogP contribution in [0, 0.1) is 0 Å². The summed E-state index contributed by atoms with van der Waals surface area (Å²) in [5, 5.41) is 19.5. The normalized spacial score (nSPS) is 10.8. The zero-order valence-electron chi connectivity index (χ0n) is 13.8. The predicted octanol–water partition coefficient (Wildman–Crippen LogP) is 3.12. The first-order valence-corrected chi connectivity index (χ1v) is 8.43. The van der Waals surface area contributed by atoms with Crippen molar-refractivity contribution < 1.29 is 24.6 Å². The van der Waals surface area contributed by atoms with Gasteiger partial charge in [-0.05, 0) is 12.8 Å². The van der Waals surface area contributed by atoms with Gasteiger partial charge in [0, 0.05) is 25.1 Å². The van der Waals surface area contributed by atoms with E-state index in [1.54, 1.807) is 0 Å². The Morgan fingerprint density at radius 1 is 0.696 bits per heavy atom. The van der Waals surface area contributed by atoms with Crippen LogP contribution in [0.2, 0.25) is 0 Å². The fourth-order valence-electron chi connectivity index (χ4n) is 2.23. The third-order valence-corrected chi connectivity index (χ3v) is 3.49. The second kappa shape index (κ2) is 15.1. The van der Waals surface area contributed by atoms with E-state index in [2.05, 4.69) is 5.32 Å². The Labute approximate surface area is 138 Å². The number of aliphatic carboxylic acids is 2. The third-order valence-electron chi connectivity index (χ3n) is 3.49. The quantitative estimate of drug-likeness (QED) is 0.317. The maximum Gasteiger partial charge on any atom is 0.328 e. The molecule has 0 heterocycles. The average molecular weight is 327 g/mol. The molecule has 0 saturated heterocycles. The molecule has 0 spiro atoms. The molecule has 132 valence electrons. The second-order valence-electron chi connectivity index (χ2n) is 5.64. The fourth-order valence-corrected chi connectivity index (χ4v) is 2.23. The highest BCUT2D eigenvalue weighted by Crippen LogP contribution is 2.11. The molecule has 6 nitrogen and oxygen atoms in total. The lowest BCUT2D eigenvalue weighted by atomic mass is 10.1. The highest BCUT2D eigenvalue weighted by molar-refractivity contribution is 5.93. The number of hydrogen-bond donors (Lipinski definition) is 3. The minimum absolute atomic E-state index is 0.280. The summed E-state index contributed by atoms with van der Waals surface area (Å²) in [6.45, 7) is 0.576. The summed E-state index contributed by atoms with van der Waals surface area (Å²) >= 11 is 0. The van der Waals surface area contributed by atoms with Gasteiger partial charge in [-0.3, -0.25) is 9.59 Å². The van der Waals surface area contributed by atoms with Gasteiger partial charge in [0.25, 0.3) is 0 Å². The number of rotatable bonds is 15. The summed E-state index contributed by atoms with van der Waals surface area (Å²) in [6.07, 6.45) is 12.9. The number of carbonyl (C=O) groups excluding carboxylic acids is 1. The first-order valence-electron chi connectivity index (χ1n) is 8.43. The first kappa shape index (κ1) is 21.1. The summed E-state index contributed by atoms with van der Waals surface area (Å²) in [6, 6.07) is 0. The lowest BCUT2D eigenvalue weighted by molar-refractivity contribution is -0.137. The Hall–Kier alpha value is -1.85. The van der Waals surface area contributed by atoms with Crippen molar-refractivity contribution >= 4 is 17.8 Å². The Morgan fingerprint density at radius 2 is 1.17 bits per heavy atom. The van der Waals surface area contributed by atoms with Gasteiger partial charge in [-0.15, -0.1) is 0 Å². The molecule has 0 aliphatic rings. The van der Waals surface area contributed by atoms with Crippen molar-refractivity contribution in [2.75, 3.05) is 6.54 Å². The van der Waals surface area contributed by atoms with Crippen molar-refractivity contribution in [3.05, 3.63) is 12.2 Å². The van der Waals surface area contributed by atoms with E-state index in [9.17, 15) is 14.4 Å². The summed E-state index contributed by atoms with van der Waals surface area (Å²) in [5.41, 5.74) is 0. The molecular weight excluding hydrogens is 298 g/mol. The van der Waals surface area contributed by atoms with Crippen LogP contribution >= 0.6 is 0 Å². The van der Waals surface area contributed by atoms with Gasteiger partial charge in [0.2, 0.25) is 5.91 Å². The lowest BCUT2D eigenvalue weighted by Crippen LogP contribution is -2.22. The number of carbonyl (C=O) groups is 3. The number of amides is 1. The van der Waals surface area contributed by atoms with Crippen molar-refractivity contribution in [1.82, 2.24) is 5.32 Å². The number of nitrogens with one attached hydrogen (secondary N) is 1. The van der Waals surface area contributed by atoms with Crippen molar-refractivity contribution in [3.63, 3.8) is 0 Å².